The van der Waals surface area contributed by atoms with Crippen molar-refractivity contribution in [2.24, 2.45) is 5.92 Å². The van der Waals surface area contributed by atoms with Crippen LogP contribution in [-0.2, 0) is 0 Å². The molecule has 1 saturated carbocycles. The molecule has 0 spiro atoms. The molecule has 0 aromatic rings. The van der Waals surface area contributed by atoms with E-state index in [0.29, 0.717) is 5.92 Å². The molecule has 0 saturated heterocycles. The highest BCUT2D eigenvalue weighted by Crippen LogP contribution is 2.31. The van der Waals surface area contributed by atoms with Gasteiger partial charge in [0.05, 0.1) is 11.8 Å². The normalized spacial score (nSPS) is 24.7. The first-order valence-electron chi connectivity index (χ1n) is 5.36. The van der Waals surface area contributed by atoms with Gasteiger partial charge >= 0.3 is 0 Å². The van der Waals surface area contributed by atoms with Crippen molar-refractivity contribution < 1.29 is 5.11 Å². The van der Waals surface area contributed by atoms with Crippen LogP contribution in [-0.4, -0.2) is 11.2 Å². The SMILES string of the molecule is CC1=C(C(O)C2CCCC2)NNC=C1. The first-order valence-corrected chi connectivity index (χ1v) is 5.36. The fourth-order valence-electron chi connectivity index (χ4n) is 2.29. The van der Waals surface area contributed by atoms with E-state index in [0.717, 1.165) is 24.1 Å². The minimum absolute atomic E-state index is 0.324. The van der Waals surface area contributed by atoms with Crippen LogP contribution in [0.1, 0.15) is 32.6 Å². The van der Waals surface area contributed by atoms with E-state index in [9.17, 15) is 5.11 Å². The number of aliphatic hydroxyl groups excluding tert-OH is 1. The Bertz CT molecular complexity index is 264. The molecule has 1 aliphatic heterocycles. The third-order valence-electron chi connectivity index (χ3n) is 3.19. The monoisotopic (exact) mass is 194 g/mol. The lowest BCUT2D eigenvalue weighted by atomic mass is 9.95. The maximum atomic E-state index is 10.1. The maximum Gasteiger partial charge on any atom is 0.0983 e. The van der Waals surface area contributed by atoms with E-state index >= 15 is 0 Å². The summed E-state index contributed by atoms with van der Waals surface area (Å²) in [5.74, 6) is 0.445. The van der Waals surface area contributed by atoms with Crippen molar-refractivity contribution in [3.63, 3.8) is 0 Å². The third-order valence-corrected chi connectivity index (χ3v) is 3.19. The van der Waals surface area contributed by atoms with E-state index in [-0.39, 0.29) is 6.10 Å². The Labute approximate surface area is 84.9 Å². The molecular weight excluding hydrogens is 176 g/mol. The average molecular weight is 194 g/mol. The van der Waals surface area contributed by atoms with E-state index in [1.165, 1.54) is 12.8 Å². The van der Waals surface area contributed by atoms with E-state index < -0.39 is 0 Å². The summed E-state index contributed by atoms with van der Waals surface area (Å²) in [4.78, 5) is 0. The number of hydrazine groups is 1. The van der Waals surface area contributed by atoms with Crippen molar-refractivity contribution >= 4 is 0 Å². The van der Waals surface area contributed by atoms with Gasteiger partial charge in [0.2, 0.25) is 0 Å². The van der Waals surface area contributed by atoms with E-state index in [4.69, 9.17) is 0 Å². The van der Waals surface area contributed by atoms with Crippen molar-refractivity contribution in [1.29, 1.82) is 0 Å². The summed E-state index contributed by atoms with van der Waals surface area (Å²) in [6.45, 7) is 2.03. The van der Waals surface area contributed by atoms with Gasteiger partial charge in [0.1, 0.15) is 0 Å². The summed E-state index contributed by atoms with van der Waals surface area (Å²) >= 11 is 0. The van der Waals surface area contributed by atoms with Gasteiger partial charge in [0.25, 0.3) is 0 Å². The Morgan fingerprint density at radius 2 is 2.14 bits per heavy atom. The average Bonchev–Trinajstić information content (AvgIpc) is 2.70. The quantitative estimate of drug-likeness (QED) is 0.623. The molecule has 0 aromatic heterocycles. The van der Waals surface area contributed by atoms with Gasteiger partial charge in [0.15, 0.2) is 0 Å². The van der Waals surface area contributed by atoms with Crippen LogP contribution < -0.4 is 10.9 Å². The summed E-state index contributed by atoms with van der Waals surface area (Å²) in [5, 5.41) is 10.1. The number of nitrogens with one attached hydrogen (secondary N) is 2. The molecule has 0 aromatic carbocycles. The van der Waals surface area contributed by atoms with Crippen molar-refractivity contribution in [2.75, 3.05) is 0 Å². The maximum absolute atomic E-state index is 10.1. The molecule has 1 aliphatic carbocycles. The molecule has 1 heterocycles. The van der Waals surface area contributed by atoms with E-state index in [2.05, 4.69) is 10.9 Å². The molecule has 3 nitrogen and oxygen atoms in total. The lowest BCUT2D eigenvalue weighted by Crippen LogP contribution is -2.38. The number of aliphatic hydroxyl groups is 1. The number of hydrogen-bond acceptors (Lipinski definition) is 3. The zero-order valence-electron chi connectivity index (χ0n) is 8.59. The molecule has 0 radical (unpaired) electrons. The van der Waals surface area contributed by atoms with Crippen LogP contribution in [0.25, 0.3) is 0 Å². The minimum atomic E-state index is -0.324. The minimum Gasteiger partial charge on any atom is -0.387 e. The van der Waals surface area contributed by atoms with Gasteiger partial charge < -0.3 is 16.0 Å². The molecule has 78 valence electrons. The number of allylic oxidation sites excluding steroid dienone is 2. The molecule has 0 amide bonds. The number of rotatable bonds is 2. The molecule has 14 heavy (non-hydrogen) atoms. The molecule has 2 rings (SSSR count). The molecule has 1 atom stereocenters. The standard InChI is InChI=1S/C11H18N2O/c1-8-6-7-12-13-10(8)11(14)9-4-2-3-5-9/h6-7,9,11-14H,2-5H2,1H3. The highest BCUT2D eigenvalue weighted by Gasteiger charge is 2.27. The fraction of sp³-hybridized carbons (Fsp3) is 0.636. The van der Waals surface area contributed by atoms with Gasteiger partial charge in [-0.1, -0.05) is 12.8 Å². The Morgan fingerprint density at radius 1 is 1.43 bits per heavy atom. The second-order valence-electron chi connectivity index (χ2n) is 4.19. The fourth-order valence-corrected chi connectivity index (χ4v) is 2.29. The van der Waals surface area contributed by atoms with Gasteiger partial charge in [-0.25, -0.2) is 0 Å². The van der Waals surface area contributed by atoms with Gasteiger partial charge in [-0.2, -0.15) is 0 Å². The largest absolute Gasteiger partial charge is 0.387 e. The van der Waals surface area contributed by atoms with E-state index in [1.54, 1.807) is 0 Å². The van der Waals surface area contributed by atoms with Crippen LogP contribution in [0.3, 0.4) is 0 Å². The highest BCUT2D eigenvalue weighted by molar-refractivity contribution is 5.27. The van der Waals surface area contributed by atoms with Crippen molar-refractivity contribution in [1.82, 2.24) is 10.9 Å². The zero-order valence-corrected chi connectivity index (χ0v) is 8.59. The van der Waals surface area contributed by atoms with Gasteiger partial charge in [-0.15, -0.1) is 0 Å². The Morgan fingerprint density at radius 3 is 2.79 bits per heavy atom. The summed E-state index contributed by atoms with van der Waals surface area (Å²) in [7, 11) is 0. The Kier molecular flexibility index (Phi) is 2.77. The van der Waals surface area contributed by atoms with Crippen LogP contribution >= 0.6 is 0 Å². The molecule has 1 unspecified atom stereocenters. The lowest BCUT2D eigenvalue weighted by Gasteiger charge is -2.25. The topological polar surface area (TPSA) is 44.3 Å². The van der Waals surface area contributed by atoms with Crippen LogP contribution in [0, 0.1) is 5.92 Å². The van der Waals surface area contributed by atoms with Crippen LogP contribution in [0.15, 0.2) is 23.5 Å². The summed E-state index contributed by atoms with van der Waals surface area (Å²) < 4.78 is 0. The summed E-state index contributed by atoms with van der Waals surface area (Å²) in [5.41, 5.74) is 8.03. The first kappa shape index (κ1) is 9.59. The molecule has 3 N–H and O–H groups in total. The first-order chi connectivity index (χ1) is 6.79. The second kappa shape index (κ2) is 4.05. The zero-order chi connectivity index (χ0) is 9.97. The van der Waals surface area contributed by atoms with Crippen molar-refractivity contribution in [3.05, 3.63) is 23.5 Å². The predicted molar refractivity (Wildman–Crippen MR) is 56.1 cm³/mol. The second-order valence-corrected chi connectivity index (χ2v) is 4.19. The Balaban J connectivity index is 2.09. The van der Waals surface area contributed by atoms with Crippen LogP contribution in [0.4, 0.5) is 0 Å². The van der Waals surface area contributed by atoms with Crippen molar-refractivity contribution in [3.8, 4) is 0 Å². The molecular formula is C11H18N2O. The third kappa shape index (κ3) is 1.77. The van der Waals surface area contributed by atoms with Gasteiger partial charge in [0, 0.05) is 6.20 Å². The smallest absolute Gasteiger partial charge is 0.0983 e. The van der Waals surface area contributed by atoms with Gasteiger partial charge in [-0.05, 0) is 37.3 Å². The number of hydrogen-bond donors (Lipinski definition) is 3. The lowest BCUT2D eigenvalue weighted by molar-refractivity contribution is 0.134. The molecule has 1 fully saturated rings. The summed E-state index contributed by atoms with van der Waals surface area (Å²) in [6.07, 6.45) is 8.35. The predicted octanol–water partition coefficient (Wildman–Crippen LogP) is 1.43. The van der Waals surface area contributed by atoms with E-state index in [1.807, 2.05) is 19.2 Å². The summed E-state index contributed by atoms with van der Waals surface area (Å²) in [6, 6.07) is 0. The van der Waals surface area contributed by atoms with Crippen LogP contribution in [0.5, 0.6) is 0 Å². The van der Waals surface area contributed by atoms with Crippen molar-refractivity contribution in [2.45, 2.75) is 38.7 Å². The highest BCUT2D eigenvalue weighted by atomic mass is 16.3. The Hall–Kier alpha value is -0.960. The molecule has 0 bridgehead atoms. The molecule has 3 heteroatoms. The van der Waals surface area contributed by atoms with Gasteiger partial charge in [-0.3, -0.25) is 0 Å². The van der Waals surface area contributed by atoms with Crippen LogP contribution in [0.2, 0.25) is 0 Å². The molecule has 2 aliphatic rings.